The molecule has 0 amide bonds. The summed E-state index contributed by atoms with van der Waals surface area (Å²) in [4.78, 5) is 13.6. The van der Waals surface area contributed by atoms with Crippen LogP contribution in [0.25, 0.3) is 11.0 Å². The van der Waals surface area contributed by atoms with E-state index in [9.17, 15) is 13.2 Å². The van der Waals surface area contributed by atoms with Crippen molar-refractivity contribution in [1.82, 2.24) is 4.31 Å². The average Bonchev–Trinajstić information content (AvgIpc) is 2.70. The molecular weight excluding hydrogens is 388 g/mol. The van der Waals surface area contributed by atoms with Gasteiger partial charge in [-0.2, -0.15) is 4.31 Å². The van der Waals surface area contributed by atoms with E-state index in [1.165, 1.54) is 4.90 Å². The molecule has 0 radical (unpaired) electrons. The minimum Gasteiger partial charge on any atom is -0.423 e. The summed E-state index contributed by atoms with van der Waals surface area (Å²) in [6, 6.07) is 14.1. The van der Waals surface area contributed by atoms with Crippen molar-refractivity contribution in [3.05, 3.63) is 75.6 Å². The molecule has 0 spiro atoms. The van der Waals surface area contributed by atoms with E-state index in [0.29, 0.717) is 43.2 Å². The lowest BCUT2D eigenvalue weighted by Crippen LogP contribution is -3.13. The SMILES string of the molecule is Cc1cc2oc(=O)cc(C[NH+]3CCN(S(=O)(=O)c4ccccc4)CC3)c2cc1C. The fraction of sp³-hybridized carbons (Fsp3) is 0.318. The van der Waals surface area contributed by atoms with Crippen LogP contribution in [0.15, 0.2) is 62.6 Å². The Labute approximate surface area is 170 Å². The number of fused-ring (bicyclic) bond motifs is 1. The zero-order chi connectivity index (χ0) is 20.6. The first-order valence-electron chi connectivity index (χ1n) is 9.77. The first kappa shape index (κ1) is 19.8. The van der Waals surface area contributed by atoms with Gasteiger partial charge in [0.05, 0.1) is 31.1 Å². The van der Waals surface area contributed by atoms with Gasteiger partial charge in [-0.1, -0.05) is 18.2 Å². The molecule has 3 aromatic rings. The summed E-state index contributed by atoms with van der Waals surface area (Å²) in [6.07, 6.45) is 0. The van der Waals surface area contributed by atoms with Crippen molar-refractivity contribution in [1.29, 1.82) is 0 Å². The molecule has 7 heteroatoms. The van der Waals surface area contributed by atoms with Gasteiger partial charge in [-0.15, -0.1) is 0 Å². The smallest absolute Gasteiger partial charge is 0.336 e. The van der Waals surface area contributed by atoms with Gasteiger partial charge in [0.25, 0.3) is 0 Å². The highest BCUT2D eigenvalue weighted by atomic mass is 32.2. The third-order valence-corrected chi connectivity index (χ3v) is 7.61. The minimum absolute atomic E-state index is 0.334. The predicted octanol–water partition coefficient (Wildman–Crippen LogP) is 1.50. The summed E-state index contributed by atoms with van der Waals surface area (Å²) in [6.45, 7) is 7.03. The van der Waals surface area contributed by atoms with Crippen molar-refractivity contribution < 1.29 is 17.7 Å². The summed E-state index contributed by atoms with van der Waals surface area (Å²) in [5, 5.41) is 0.958. The van der Waals surface area contributed by atoms with E-state index < -0.39 is 10.0 Å². The van der Waals surface area contributed by atoms with Gasteiger partial charge < -0.3 is 9.32 Å². The molecule has 6 nitrogen and oxygen atoms in total. The second-order valence-corrected chi connectivity index (χ2v) is 9.61. The quantitative estimate of drug-likeness (QED) is 0.658. The van der Waals surface area contributed by atoms with Crippen LogP contribution in [0.1, 0.15) is 16.7 Å². The topological polar surface area (TPSA) is 72.0 Å². The first-order chi connectivity index (χ1) is 13.8. The lowest BCUT2D eigenvalue weighted by atomic mass is 10.0. The van der Waals surface area contributed by atoms with Crippen molar-refractivity contribution in [2.45, 2.75) is 25.3 Å². The molecule has 0 atom stereocenters. The molecule has 1 saturated heterocycles. The van der Waals surface area contributed by atoms with Crippen LogP contribution in [0.5, 0.6) is 0 Å². The number of nitrogens with one attached hydrogen (secondary N) is 1. The number of aryl methyl sites for hydroxylation is 2. The molecule has 0 unspecified atom stereocenters. The van der Waals surface area contributed by atoms with Crippen LogP contribution >= 0.6 is 0 Å². The van der Waals surface area contributed by atoms with Gasteiger partial charge in [0, 0.05) is 17.0 Å². The Morgan fingerprint density at radius 2 is 1.66 bits per heavy atom. The Balaban J connectivity index is 1.52. The number of piperazine rings is 1. The fourth-order valence-electron chi connectivity index (χ4n) is 3.86. The third kappa shape index (κ3) is 3.99. The van der Waals surface area contributed by atoms with Crippen molar-refractivity contribution in [2.75, 3.05) is 26.2 Å². The molecule has 2 heterocycles. The van der Waals surface area contributed by atoms with Crippen LogP contribution in [-0.2, 0) is 16.6 Å². The maximum Gasteiger partial charge on any atom is 0.336 e. The predicted molar refractivity (Wildman–Crippen MR) is 112 cm³/mol. The zero-order valence-electron chi connectivity index (χ0n) is 16.6. The molecule has 4 rings (SSSR count). The van der Waals surface area contributed by atoms with Gasteiger partial charge in [-0.05, 0) is 49.2 Å². The molecule has 0 saturated carbocycles. The molecule has 29 heavy (non-hydrogen) atoms. The molecule has 2 aromatic carbocycles. The first-order valence-corrected chi connectivity index (χ1v) is 11.2. The standard InChI is InChI=1S/C22H24N2O4S/c1-16-12-20-18(14-22(25)28-21(20)13-17(16)2)15-23-8-10-24(11-9-23)29(26,27)19-6-4-3-5-7-19/h3-7,12-14H,8-11,15H2,1-2H3/p+1. The minimum atomic E-state index is -3.46. The molecule has 152 valence electrons. The second-order valence-electron chi connectivity index (χ2n) is 7.67. The van der Waals surface area contributed by atoms with Crippen molar-refractivity contribution in [3.63, 3.8) is 0 Å². The van der Waals surface area contributed by atoms with Crippen LogP contribution in [0.2, 0.25) is 0 Å². The van der Waals surface area contributed by atoms with Crippen molar-refractivity contribution in [2.24, 2.45) is 0 Å². The number of hydrogen-bond donors (Lipinski definition) is 1. The highest BCUT2D eigenvalue weighted by Crippen LogP contribution is 2.21. The van der Waals surface area contributed by atoms with Gasteiger partial charge >= 0.3 is 5.63 Å². The van der Waals surface area contributed by atoms with Gasteiger partial charge in [-0.25, -0.2) is 13.2 Å². The largest absolute Gasteiger partial charge is 0.423 e. The number of hydrogen-bond acceptors (Lipinski definition) is 4. The Bertz CT molecular complexity index is 1190. The van der Waals surface area contributed by atoms with Crippen LogP contribution < -0.4 is 10.5 Å². The van der Waals surface area contributed by atoms with E-state index in [1.807, 2.05) is 26.0 Å². The number of nitrogens with zero attached hydrogens (tertiary/aromatic N) is 1. The lowest BCUT2D eigenvalue weighted by molar-refractivity contribution is -0.917. The normalized spacial score (nSPS) is 16.3. The molecule has 1 N–H and O–H groups in total. The van der Waals surface area contributed by atoms with Crippen molar-refractivity contribution in [3.8, 4) is 0 Å². The van der Waals surface area contributed by atoms with Gasteiger partial charge in [0.15, 0.2) is 0 Å². The number of benzene rings is 2. The molecule has 1 aromatic heterocycles. The lowest BCUT2D eigenvalue weighted by Gasteiger charge is -2.31. The Morgan fingerprint density at radius 3 is 2.34 bits per heavy atom. The number of sulfonamides is 1. The molecule has 0 bridgehead atoms. The van der Waals surface area contributed by atoms with E-state index >= 15 is 0 Å². The summed E-state index contributed by atoms with van der Waals surface area (Å²) in [7, 11) is -3.46. The Hall–Kier alpha value is -2.48. The Morgan fingerprint density at radius 1 is 1.00 bits per heavy atom. The van der Waals surface area contributed by atoms with Gasteiger partial charge in [0.2, 0.25) is 10.0 Å². The summed E-state index contributed by atoms with van der Waals surface area (Å²) >= 11 is 0. The summed E-state index contributed by atoms with van der Waals surface area (Å²) in [5.41, 5.74) is 3.46. The molecule has 1 aliphatic rings. The van der Waals surface area contributed by atoms with Crippen molar-refractivity contribution >= 4 is 21.0 Å². The van der Waals surface area contributed by atoms with Crippen LogP contribution in [-0.4, -0.2) is 38.9 Å². The highest BCUT2D eigenvalue weighted by Gasteiger charge is 2.30. The van der Waals surface area contributed by atoms with E-state index in [-0.39, 0.29) is 5.63 Å². The summed E-state index contributed by atoms with van der Waals surface area (Å²) in [5.74, 6) is 0. The monoisotopic (exact) mass is 413 g/mol. The molecule has 1 fully saturated rings. The average molecular weight is 414 g/mol. The molecule has 0 aliphatic carbocycles. The maximum absolute atomic E-state index is 12.8. The van der Waals surface area contributed by atoms with Crippen LogP contribution in [0.4, 0.5) is 0 Å². The van der Waals surface area contributed by atoms with E-state index in [4.69, 9.17) is 4.42 Å². The van der Waals surface area contributed by atoms with E-state index in [0.717, 1.165) is 22.1 Å². The summed E-state index contributed by atoms with van der Waals surface area (Å²) < 4.78 is 32.5. The highest BCUT2D eigenvalue weighted by molar-refractivity contribution is 7.89. The van der Waals surface area contributed by atoms with E-state index in [1.54, 1.807) is 34.6 Å². The van der Waals surface area contributed by atoms with Crippen LogP contribution in [0.3, 0.4) is 0 Å². The molecular formula is C22H25N2O4S+. The maximum atomic E-state index is 12.8. The number of rotatable bonds is 4. The van der Waals surface area contributed by atoms with E-state index in [2.05, 4.69) is 6.07 Å². The molecule has 1 aliphatic heterocycles. The third-order valence-electron chi connectivity index (χ3n) is 5.70. The Kier molecular flexibility index (Phi) is 5.29. The zero-order valence-corrected chi connectivity index (χ0v) is 17.5. The fourth-order valence-corrected chi connectivity index (χ4v) is 5.32. The van der Waals surface area contributed by atoms with Crippen LogP contribution in [0, 0.1) is 13.8 Å². The van der Waals surface area contributed by atoms with Gasteiger partial charge in [-0.3, -0.25) is 0 Å². The number of quaternary nitrogens is 1. The second kappa shape index (κ2) is 7.74. The van der Waals surface area contributed by atoms with Gasteiger partial charge in [0.1, 0.15) is 12.1 Å².